The molecule has 8 amide bonds. The number of carboxylic acids is 2. The highest BCUT2D eigenvalue weighted by molar-refractivity contribution is 5.98. The number of amides is 8. The normalized spacial score (nSPS) is 18.4. The van der Waals surface area contributed by atoms with E-state index in [9.17, 15) is 68.4 Å². The van der Waals surface area contributed by atoms with E-state index in [2.05, 4.69) is 41.9 Å². The van der Waals surface area contributed by atoms with E-state index in [1.165, 1.54) is 53.5 Å². The van der Waals surface area contributed by atoms with Crippen molar-refractivity contribution in [3.63, 3.8) is 0 Å². The standard InChI is InChI=1S/C48H71N11O14/c1-25(2)18-33(42(66)52-27(5)40(64)57-36(48(72)73)20-28-10-12-30(61)13-11-28)55-44(68)37-8-7-17-59(37)47(71)35(19-26(3)4)56-45(69)38-9-6-16-58(38)46(70)32(14-15-39(62)63)53-43(67)34(21-29-22-50-24-51-29)54-41(65)31(49)23-60/h10-13,22,24-27,31-38,60-61H,6-9,14-21,23,49H2,1-5H3,(H,50,51)(H,52,66)(H,53,67)(H,54,65)(H,55,68)(H,56,69)(H,57,64)(H,62,63)(H,72,73)/t27-,31-,32-,33-,34-,35-,36-,37-,38-/m0/s1. The zero-order chi connectivity index (χ0) is 54.1. The van der Waals surface area contributed by atoms with Crippen LogP contribution in [0.5, 0.6) is 5.75 Å². The van der Waals surface area contributed by atoms with Gasteiger partial charge in [-0.1, -0.05) is 39.8 Å². The summed E-state index contributed by atoms with van der Waals surface area (Å²) in [6.07, 6.45) is 2.96. The van der Waals surface area contributed by atoms with E-state index in [0.29, 0.717) is 24.1 Å². The lowest BCUT2D eigenvalue weighted by atomic mass is 10.0. The molecule has 25 nitrogen and oxygen atoms in total. The average Bonchev–Trinajstić information content (AvgIpc) is 4.15. The fourth-order valence-corrected chi connectivity index (χ4v) is 8.67. The van der Waals surface area contributed by atoms with Gasteiger partial charge in [-0.15, -0.1) is 0 Å². The van der Waals surface area contributed by atoms with Crippen LogP contribution in [0.15, 0.2) is 36.8 Å². The fraction of sp³-hybridized carbons (Fsp3) is 0.604. The second-order valence-corrected chi connectivity index (χ2v) is 19.4. The van der Waals surface area contributed by atoms with E-state index in [4.69, 9.17) is 5.73 Å². The average molecular weight is 1030 g/mol. The first kappa shape index (κ1) is 58.4. The van der Waals surface area contributed by atoms with Gasteiger partial charge in [0.1, 0.15) is 60.1 Å². The van der Waals surface area contributed by atoms with Gasteiger partial charge >= 0.3 is 11.9 Å². The second kappa shape index (κ2) is 27.6. The van der Waals surface area contributed by atoms with Crippen molar-refractivity contribution >= 4 is 59.2 Å². The lowest BCUT2D eigenvalue weighted by Gasteiger charge is -2.33. The molecule has 2 aliphatic rings. The van der Waals surface area contributed by atoms with Crippen LogP contribution in [0, 0.1) is 11.8 Å². The van der Waals surface area contributed by atoms with Gasteiger partial charge in [0.15, 0.2) is 0 Å². The summed E-state index contributed by atoms with van der Waals surface area (Å²) >= 11 is 0. The highest BCUT2D eigenvalue weighted by Crippen LogP contribution is 2.24. The molecule has 4 rings (SSSR count). The number of carbonyl (C=O) groups is 10. The molecule has 2 aliphatic heterocycles. The summed E-state index contributed by atoms with van der Waals surface area (Å²) < 4.78 is 0. The van der Waals surface area contributed by atoms with Crippen LogP contribution in [0.3, 0.4) is 0 Å². The number of aromatic hydroxyl groups is 1. The maximum atomic E-state index is 14.5. The summed E-state index contributed by atoms with van der Waals surface area (Å²) in [5.74, 6) is -8.87. The Morgan fingerprint density at radius 2 is 1.19 bits per heavy atom. The molecular formula is C48H71N11O14. The summed E-state index contributed by atoms with van der Waals surface area (Å²) in [5.41, 5.74) is 6.61. The van der Waals surface area contributed by atoms with Gasteiger partial charge < -0.3 is 72.8 Å². The zero-order valence-electron chi connectivity index (χ0n) is 41.8. The number of nitrogens with zero attached hydrogens (tertiary/aromatic N) is 3. The second-order valence-electron chi connectivity index (χ2n) is 19.4. The SMILES string of the molecule is CC(C)C[C@H](NC(=O)[C@@H]1CCCN1C(=O)[C@H](CC(C)C)NC(=O)[C@@H]1CCCN1C(=O)[C@H](CCC(=O)O)NC(=O)[C@H](Cc1cnc[nH]1)NC(=O)[C@@H](N)CO)C(=O)N[C@@H](C)C(=O)N[C@@H](Cc1ccc(O)cc1)C(=O)O. The molecule has 0 unspecified atom stereocenters. The minimum Gasteiger partial charge on any atom is -0.508 e. The third-order valence-corrected chi connectivity index (χ3v) is 12.5. The number of imidazole rings is 1. The summed E-state index contributed by atoms with van der Waals surface area (Å²) in [6, 6.07) is -5.54. The molecule has 0 saturated carbocycles. The molecule has 1 aromatic carbocycles. The number of rotatable bonds is 27. The molecule has 13 N–H and O–H groups in total. The first-order valence-electron chi connectivity index (χ1n) is 24.5. The minimum absolute atomic E-state index is 0.0182. The number of aromatic nitrogens is 2. The molecular weight excluding hydrogens is 955 g/mol. The summed E-state index contributed by atoms with van der Waals surface area (Å²) in [4.78, 5) is 143. The van der Waals surface area contributed by atoms with Crippen LogP contribution in [0.4, 0.5) is 0 Å². The predicted octanol–water partition coefficient (Wildman–Crippen LogP) is -1.83. The van der Waals surface area contributed by atoms with Gasteiger partial charge in [0.25, 0.3) is 0 Å². The van der Waals surface area contributed by atoms with Crippen LogP contribution >= 0.6 is 0 Å². The Morgan fingerprint density at radius 1 is 0.671 bits per heavy atom. The number of benzene rings is 1. The molecule has 0 aliphatic carbocycles. The number of phenolic OH excluding ortho intramolecular Hbond substituents is 1. The van der Waals surface area contributed by atoms with Crippen molar-refractivity contribution in [2.45, 2.75) is 153 Å². The maximum Gasteiger partial charge on any atom is 0.326 e. The quantitative estimate of drug-likeness (QED) is 0.0468. The van der Waals surface area contributed by atoms with Gasteiger partial charge in [0.05, 0.1) is 12.9 Å². The van der Waals surface area contributed by atoms with Gasteiger partial charge in [-0.3, -0.25) is 43.2 Å². The summed E-state index contributed by atoms with van der Waals surface area (Å²) in [7, 11) is 0. The number of aromatic amines is 1. The van der Waals surface area contributed by atoms with Crippen LogP contribution in [0.2, 0.25) is 0 Å². The van der Waals surface area contributed by atoms with Crippen molar-refractivity contribution in [3.05, 3.63) is 48.0 Å². The van der Waals surface area contributed by atoms with Crippen molar-refractivity contribution < 1.29 is 68.4 Å². The third kappa shape index (κ3) is 17.5. The number of nitrogens with two attached hydrogens (primary N) is 1. The molecule has 2 saturated heterocycles. The van der Waals surface area contributed by atoms with Gasteiger partial charge in [0.2, 0.25) is 47.3 Å². The Morgan fingerprint density at radius 3 is 1.71 bits per heavy atom. The minimum atomic E-state index is -1.48. The van der Waals surface area contributed by atoms with Crippen LogP contribution < -0.4 is 37.6 Å². The number of H-pyrrole nitrogens is 1. The van der Waals surface area contributed by atoms with Crippen LogP contribution in [-0.4, -0.2) is 173 Å². The van der Waals surface area contributed by atoms with E-state index in [1.54, 1.807) is 0 Å². The Balaban J connectivity index is 1.46. The van der Waals surface area contributed by atoms with Crippen molar-refractivity contribution in [1.82, 2.24) is 51.7 Å². The van der Waals surface area contributed by atoms with Crippen molar-refractivity contribution in [2.75, 3.05) is 19.7 Å². The Hall–Kier alpha value is -7.15. The molecule has 402 valence electrons. The Kier molecular flexibility index (Phi) is 22.1. The highest BCUT2D eigenvalue weighted by atomic mass is 16.4. The number of carboxylic acid groups (broad SMARTS) is 2. The van der Waals surface area contributed by atoms with Crippen molar-refractivity contribution in [1.29, 1.82) is 0 Å². The molecule has 2 aromatic rings. The number of likely N-dealkylation sites (tertiary alicyclic amines) is 2. The summed E-state index contributed by atoms with van der Waals surface area (Å²) in [5, 5.41) is 53.8. The van der Waals surface area contributed by atoms with Gasteiger partial charge in [-0.2, -0.15) is 0 Å². The first-order chi connectivity index (χ1) is 34.5. The first-order valence-corrected chi connectivity index (χ1v) is 24.5. The molecule has 0 spiro atoms. The molecule has 3 heterocycles. The lowest BCUT2D eigenvalue weighted by molar-refractivity contribution is -0.145. The zero-order valence-corrected chi connectivity index (χ0v) is 41.8. The number of carbonyl (C=O) groups excluding carboxylic acids is 8. The summed E-state index contributed by atoms with van der Waals surface area (Å²) in [6.45, 7) is 8.12. The van der Waals surface area contributed by atoms with Crippen LogP contribution in [0.25, 0.3) is 0 Å². The van der Waals surface area contributed by atoms with E-state index >= 15 is 0 Å². The molecule has 1 aromatic heterocycles. The fourth-order valence-electron chi connectivity index (χ4n) is 8.67. The molecule has 9 atom stereocenters. The topological polar surface area (TPSA) is 385 Å². The Bertz CT molecular complexity index is 2260. The van der Waals surface area contributed by atoms with Crippen LogP contribution in [-0.2, 0) is 60.8 Å². The maximum absolute atomic E-state index is 14.5. The van der Waals surface area contributed by atoms with Gasteiger partial charge in [-0.25, -0.2) is 9.78 Å². The number of phenols is 1. The van der Waals surface area contributed by atoms with Crippen molar-refractivity contribution in [3.8, 4) is 5.75 Å². The molecule has 0 bridgehead atoms. The molecule has 2 fully saturated rings. The van der Waals surface area contributed by atoms with Gasteiger partial charge in [0, 0.05) is 44.2 Å². The molecule has 0 radical (unpaired) electrons. The predicted molar refractivity (Wildman–Crippen MR) is 259 cm³/mol. The van der Waals surface area contributed by atoms with Crippen LogP contribution in [0.1, 0.15) is 97.2 Å². The number of aliphatic hydroxyl groups excluding tert-OH is 1. The number of aliphatic carboxylic acids is 2. The smallest absolute Gasteiger partial charge is 0.326 e. The van der Waals surface area contributed by atoms with Crippen molar-refractivity contribution in [2.24, 2.45) is 17.6 Å². The number of hydrogen-bond donors (Lipinski definition) is 12. The monoisotopic (exact) mass is 1030 g/mol. The largest absolute Gasteiger partial charge is 0.508 e. The Labute approximate surface area is 422 Å². The van der Waals surface area contributed by atoms with E-state index in [1.807, 2.05) is 27.7 Å². The third-order valence-electron chi connectivity index (χ3n) is 12.5. The van der Waals surface area contributed by atoms with Gasteiger partial charge in [-0.05, 0) is 81.4 Å². The number of nitrogens with one attached hydrogen (secondary N) is 7. The van der Waals surface area contributed by atoms with E-state index < -0.39 is 127 Å². The van der Waals surface area contributed by atoms with E-state index in [-0.39, 0.29) is 75.6 Å². The molecule has 73 heavy (non-hydrogen) atoms. The molecule has 25 heteroatoms. The van der Waals surface area contributed by atoms with E-state index in [0.717, 1.165) is 0 Å². The highest BCUT2D eigenvalue weighted by Gasteiger charge is 2.43. The number of aliphatic hydroxyl groups is 1. The lowest BCUT2D eigenvalue weighted by Crippen LogP contribution is -2.60. The number of hydrogen-bond acceptors (Lipinski definition) is 14.